The highest BCUT2D eigenvalue weighted by Crippen LogP contribution is 2.39. The van der Waals surface area contributed by atoms with Crippen molar-refractivity contribution in [2.24, 2.45) is 11.1 Å². The van der Waals surface area contributed by atoms with Gasteiger partial charge in [-0.3, -0.25) is 0 Å². The largest absolute Gasteiger partial charge is 0.444 e. The Balaban J connectivity index is 2.18. The van der Waals surface area contributed by atoms with E-state index in [1.807, 2.05) is 25.7 Å². The molecular formula is C17H20Cl2FN5O2. The van der Waals surface area contributed by atoms with Crippen molar-refractivity contribution in [1.82, 2.24) is 15.0 Å². The average molecular weight is 416 g/mol. The first-order valence-electron chi connectivity index (χ1n) is 8.49. The van der Waals surface area contributed by atoms with Crippen LogP contribution in [-0.2, 0) is 4.74 Å². The molecule has 2 aromatic heterocycles. The standard InChI is InChI=1S/C17H20Cl2FN5O2/c1-17(2,3)12-9(27-16(21)26)5-4-6-25(12)14-8-7-22-13(18)10(20)11(8)23-15(19)24-14/h7,9,12H,4-6H2,1-3H3,(H2,21,26)/t9?,12-/m1/s1. The molecule has 0 bridgehead atoms. The number of carbonyl (C=O) groups excluding carboxylic acids is 1. The van der Waals surface area contributed by atoms with Gasteiger partial charge in [-0.2, -0.15) is 4.98 Å². The SMILES string of the molecule is CC(C)(C)[C@H]1C(OC(N)=O)CCCN1c1nc(Cl)nc2c(F)c(Cl)ncc12. The van der Waals surface area contributed by atoms with Crippen molar-refractivity contribution >= 4 is 46.0 Å². The lowest BCUT2D eigenvalue weighted by atomic mass is 9.78. The Labute approximate surface area is 166 Å². The number of primary amides is 1. The Morgan fingerprint density at radius 2 is 2.07 bits per heavy atom. The Kier molecular flexibility index (Phi) is 5.31. The number of hydrogen-bond donors (Lipinski definition) is 1. The number of halogens is 3. The van der Waals surface area contributed by atoms with Gasteiger partial charge in [-0.15, -0.1) is 0 Å². The average Bonchev–Trinajstić information content (AvgIpc) is 2.56. The number of nitrogens with two attached hydrogens (primary N) is 1. The quantitative estimate of drug-likeness (QED) is 0.589. The van der Waals surface area contributed by atoms with Crippen molar-refractivity contribution in [2.75, 3.05) is 11.4 Å². The van der Waals surface area contributed by atoms with Crippen molar-refractivity contribution in [2.45, 2.75) is 45.8 Å². The van der Waals surface area contributed by atoms with Crippen molar-refractivity contribution in [1.29, 1.82) is 0 Å². The van der Waals surface area contributed by atoms with Crippen LogP contribution < -0.4 is 10.6 Å². The zero-order valence-electron chi connectivity index (χ0n) is 15.2. The summed E-state index contributed by atoms with van der Waals surface area (Å²) in [5.74, 6) is -0.334. The summed E-state index contributed by atoms with van der Waals surface area (Å²) in [5, 5.41) is -0.0104. The molecule has 2 atom stereocenters. The lowest BCUT2D eigenvalue weighted by Gasteiger charge is -2.47. The lowest BCUT2D eigenvalue weighted by molar-refractivity contribution is 0.0400. The third-order valence-corrected chi connectivity index (χ3v) is 5.03. The molecule has 1 aliphatic heterocycles. The molecule has 1 fully saturated rings. The van der Waals surface area contributed by atoms with Gasteiger partial charge in [-0.1, -0.05) is 32.4 Å². The second kappa shape index (κ2) is 7.24. The summed E-state index contributed by atoms with van der Waals surface area (Å²) >= 11 is 11.9. The van der Waals surface area contributed by atoms with Gasteiger partial charge in [0.1, 0.15) is 17.4 Å². The van der Waals surface area contributed by atoms with Crippen LogP contribution in [0.3, 0.4) is 0 Å². The highest BCUT2D eigenvalue weighted by molar-refractivity contribution is 6.30. The summed E-state index contributed by atoms with van der Waals surface area (Å²) in [6, 6.07) is -0.258. The highest BCUT2D eigenvalue weighted by atomic mass is 35.5. The first-order valence-corrected chi connectivity index (χ1v) is 9.25. The van der Waals surface area contributed by atoms with Crippen LogP contribution in [0.4, 0.5) is 15.0 Å². The minimum absolute atomic E-state index is 0.00407. The first kappa shape index (κ1) is 19.8. The topological polar surface area (TPSA) is 94.2 Å². The Morgan fingerprint density at radius 1 is 1.37 bits per heavy atom. The number of amides is 1. The van der Waals surface area contributed by atoms with Crippen LogP contribution in [0.15, 0.2) is 6.20 Å². The third-order valence-electron chi connectivity index (χ3n) is 4.60. The molecule has 27 heavy (non-hydrogen) atoms. The van der Waals surface area contributed by atoms with Crippen LogP contribution in [0, 0.1) is 11.2 Å². The van der Waals surface area contributed by atoms with Crippen LogP contribution in [0.1, 0.15) is 33.6 Å². The van der Waals surface area contributed by atoms with Gasteiger partial charge in [0.2, 0.25) is 5.28 Å². The molecule has 3 rings (SSSR count). The zero-order chi connectivity index (χ0) is 19.9. The van der Waals surface area contributed by atoms with E-state index in [4.69, 9.17) is 33.7 Å². The molecule has 0 saturated carbocycles. The number of fused-ring (bicyclic) bond motifs is 1. The Hall–Kier alpha value is -1.93. The fraction of sp³-hybridized carbons (Fsp3) is 0.529. The monoisotopic (exact) mass is 415 g/mol. The van der Waals surface area contributed by atoms with E-state index in [2.05, 4.69) is 15.0 Å². The first-order chi connectivity index (χ1) is 12.6. The zero-order valence-corrected chi connectivity index (χ0v) is 16.7. The number of rotatable bonds is 2. The molecule has 2 aromatic rings. The highest BCUT2D eigenvalue weighted by Gasteiger charge is 2.42. The predicted octanol–water partition coefficient (Wildman–Crippen LogP) is 3.95. The van der Waals surface area contributed by atoms with Crippen molar-refractivity contribution in [3.63, 3.8) is 0 Å². The van der Waals surface area contributed by atoms with E-state index in [1.54, 1.807) is 0 Å². The molecule has 0 aromatic carbocycles. The molecule has 2 N–H and O–H groups in total. The van der Waals surface area contributed by atoms with Gasteiger partial charge in [0.05, 0.1) is 11.4 Å². The summed E-state index contributed by atoms with van der Waals surface area (Å²) in [5.41, 5.74) is 4.96. The van der Waals surface area contributed by atoms with Gasteiger partial charge in [-0.05, 0) is 29.9 Å². The van der Waals surface area contributed by atoms with Crippen LogP contribution >= 0.6 is 23.2 Å². The van der Waals surface area contributed by atoms with Gasteiger partial charge in [0.15, 0.2) is 11.0 Å². The van der Waals surface area contributed by atoms with E-state index in [0.717, 1.165) is 6.42 Å². The van der Waals surface area contributed by atoms with Crippen LogP contribution in [0.5, 0.6) is 0 Å². The number of piperidine rings is 1. The normalized spacial score (nSPS) is 20.7. The lowest BCUT2D eigenvalue weighted by Crippen LogP contribution is -2.57. The maximum atomic E-state index is 14.5. The number of carbonyl (C=O) groups is 1. The van der Waals surface area contributed by atoms with Gasteiger partial charge in [0.25, 0.3) is 0 Å². The summed E-state index contributed by atoms with van der Waals surface area (Å²) in [4.78, 5) is 25.5. The van der Waals surface area contributed by atoms with Crippen molar-refractivity contribution < 1.29 is 13.9 Å². The molecule has 3 heterocycles. The molecule has 7 nitrogen and oxygen atoms in total. The molecule has 146 valence electrons. The smallest absolute Gasteiger partial charge is 0.404 e. The van der Waals surface area contributed by atoms with E-state index < -0.39 is 18.0 Å². The molecule has 1 saturated heterocycles. The summed E-state index contributed by atoms with van der Waals surface area (Å²) < 4.78 is 19.8. The van der Waals surface area contributed by atoms with Crippen LogP contribution in [0.2, 0.25) is 10.4 Å². The summed E-state index contributed by atoms with van der Waals surface area (Å²) in [6.45, 7) is 6.68. The van der Waals surface area contributed by atoms with Gasteiger partial charge < -0.3 is 15.4 Å². The summed E-state index contributed by atoms with van der Waals surface area (Å²) in [6.07, 6.45) is 1.55. The van der Waals surface area contributed by atoms with Gasteiger partial charge in [0, 0.05) is 12.7 Å². The fourth-order valence-electron chi connectivity index (χ4n) is 3.71. The third kappa shape index (κ3) is 3.87. The maximum absolute atomic E-state index is 14.5. The second-order valence-corrected chi connectivity index (χ2v) is 8.26. The molecule has 1 amide bonds. The number of aromatic nitrogens is 3. The molecule has 0 aliphatic carbocycles. The molecule has 10 heteroatoms. The van der Waals surface area contributed by atoms with Crippen LogP contribution in [-0.4, -0.2) is 39.7 Å². The van der Waals surface area contributed by atoms with E-state index >= 15 is 0 Å². The number of nitrogens with zero attached hydrogens (tertiary/aromatic N) is 4. The Morgan fingerprint density at radius 3 is 2.70 bits per heavy atom. The van der Waals surface area contributed by atoms with Gasteiger partial charge >= 0.3 is 6.09 Å². The van der Waals surface area contributed by atoms with E-state index in [9.17, 15) is 9.18 Å². The Bertz CT molecular complexity index is 890. The minimum Gasteiger partial charge on any atom is -0.444 e. The number of anilines is 1. The molecular weight excluding hydrogens is 396 g/mol. The number of pyridine rings is 1. The van der Waals surface area contributed by atoms with E-state index in [-0.39, 0.29) is 27.4 Å². The number of hydrogen-bond acceptors (Lipinski definition) is 6. The van der Waals surface area contributed by atoms with Crippen LogP contribution in [0.25, 0.3) is 10.9 Å². The fourth-order valence-corrected chi connectivity index (χ4v) is 4.01. The number of ether oxygens (including phenoxy) is 1. The molecule has 0 spiro atoms. The van der Waals surface area contributed by atoms with Gasteiger partial charge in [-0.25, -0.2) is 19.2 Å². The van der Waals surface area contributed by atoms with Crippen molar-refractivity contribution in [3.05, 3.63) is 22.5 Å². The second-order valence-electron chi connectivity index (χ2n) is 7.56. The molecule has 1 unspecified atom stereocenters. The van der Waals surface area contributed by atoms with Crippen molar-refractivity contribution in [3.8, 4) is 0 Å². The summed E-state index contributed by atoms with van der Waals surface area (Å²) in [7, 11) is 0. The predicted molar refractivity (Wildman–Crippen MR) is 102 cm³/mol. The van der Waals surface area contributed by atoms with E-state index in [1.165, 1.54) is 6.20 Å². The minimum atomic E-state index is -0.832. The van der Waals surface area contributed by atoms with E-state index in [0.29, 0.717) is 24.2 Å². The maximum Gasteiger partial charge on any atom is 0.404 e. The molecule has 1 aliphatic rings. The molecule has 0 radical (unpaired) electrons.